The molecule has 0 saturated carbocycles. The molecule has 4 rings (SSSR count). The van der Waals surface area contributed by atoms with Crippen molar-refractivity contribution < 1.29 is 36.4 Å². The smallest absolute Gasteiger partial charge is 0.434 e. The van der Waals surface area contributed by atoms with Gasteiger partial charge in [0.25, 0.3) is 0 Å². The molecule has 2 heterocycles. The van der Waals surface area contributed by atoms with Gasteiger partial charge in [0.2, 0.25) is 0 Å². The molecular formula is C20H10F5N3O3. The number of alkyl halides is 3. The maximum absolute atomic E-state index is 14.2. The van der Waals surface area contributed by atoms with Gasteiger partial charge >= 0.3 is 12.1 Å². The molecule has 2 aromatic carbocycles. The number of rotatable bonds is 4. The van der Waals surface area contributed by atoms with Crippen LogP contribution in [0.15, 0.2) is 59.3 Å². The Kier molecular flexibility index (Phi) is 4.80. The third-order valence-corrected chi connectivity index (χ3v) is 4.37. The van der Waals surface area contributed by atoms with E-state index in [0.29, 0.717) is 4.68 Å². The van der Waals surface area contributed by atoms with Gasteiger partial charge in [-0.2, -0.15) is 18.3 Å². The highest BCUT2D eigenvalue weighted by atomic mass is 19.4. The SMILES string of the molecule is O=C(O)c1c(-c2ccccc2F)noc1-c1cnn(-c2cccc(F)c2)c1C(F)(F)F. The molecule has 11 heteroatoms. The molecule has 0 unspecified atom stereocenters. The summed E-state index contributed by atoms with van der Waals surface area (Å²) in [6.45, 7) is 0. The number of carboxylic acid groups (broad SMARTS) is 1. The minimum absolute atomic E-state index is 0.246. The number of aromatic carboxylic acids is 1. The number of halogens is 5. The van der Waals surface area contributed by atoms with Crippen LogP contribution in [-0.2, 0) is 6.18 Å². The third kappa shape index (κ3) is 3.54. The number of hydrogen-bond donors (Lipinski definition) is 1. The summed E-state index contributed by atoms with van der Waals surface area (Å²) in [5.74, 6) is -4.08. The van der Waals surface area contributed by atoms with Gasteiger partial charge < -0.3 is 9.63 Å². The molecule has 0 aliphatic carbocycles. The van der Waals surface area contributed by atoms with E-state index < -0.39 is 52.1 Å². The van der Waals surface area contributed by atoms with E-state index in [1.807, 2.05) is 0 Å². The van der Waals surface area contributed by atoms with E-state index in [2.05, 4.69) is 10.3 Å². The largest absolute Gasteiger partial charge is 0.477 e. The molecule has 158 valence electrons. The summed E-state index contributed by atoms with van der Waals surface area (Å²) in [7, 11) is 0. The summed E-state index contributed by atoms with van der Waals surface area (Å²) in [6, 6.07) is 9.27. The van der Waals surface area contributed by atoms with Gasteiger partial charge in [0.05, 0.1) is 17.4 Å². The van der Waals surface area contributed by atoms with Crippen LogP contribution in [0.1, 0.15) is 16.1 Å². The third-order valence-electron chi connectivity index (χ3n) is 4.37. The van der Waals surface area contributed by atoms with E-state index in [1.54, 1.807) is 0 Å². The molecule has 0 saturated heterocycles. The second-order valence-corrected chi connectivity index (χ2v) is 6.32. The lowest BCUT2D eigenvalue weighted by atomic mass is 10.0. The van der Waals surface area contributed by atoms with Crippen molar-refractivity contribution >= 4 is 5.97 Å². The van der Waals surface area contributed by atoms with Gasteiger partial charge in [-0.05, 0) is 30.3 Å². The fourth-order valence-corrected chi connectivity index (χ4v) is 3.10. The Morgan fingerprint density at radius 3 is 2.42 bits per heavy atom. The first kappa shape index (κ1) is 20.3. The van der Waals surface area contributed by atoms with Crippen molar-refractivity contribution in [3.63, 3.8) is 0 Å². The lowest BCUT2D eigenvalue weighted by Gasteiger charge is -2.12. The topological polar surface area (TPSA) is 81.2 Å². The van der Waals surface area contributed by atoms with Crippen LogP contribution in [0.5, 0.6) is 0 Å². The lowest BCUT2D eigenvalue weighted by Crippen LogP contribution is -2.15. The zero-order valence-corrected chi connectivity index (χ0v) is 15.2. The van der Waals surface area contributed by atoms with Crippen LogP contribution in [-0.4, -0.2) is 26.0 Å². The minimum atomic E-state index is -5.03. The van der Waals surface area contributed by atoms with Crippen molar-refractivity contribution in [2.45, 2.75) is 6.18 Å². The standard InChI is InChI=1S/C20H10F5N3O3/c21-10-4-3-5-11(8-10)28-18(20(23,24)25)13(9-26-28)17-15(19(29)30)16(27-31-17)12-6-1-2-7-14(12)22/h1-9H,(H,29,30). The van der Waals surface area contributed by atoms with Gasteiger partial charge in [-0.25, -0.2) is 18.3 Å². The molecule has 0 amide bonds. The molecule has 4 aromatic rings. The van der Waals surface area contributed by atoms with Crippen molar-refractivity contribution in [2.24, 2.45) is 0 Å². The van der Waals surface area contributed by atoms with Gasteiger partial charge in [0.15, 0.2) is 11.5 Å². The number of benzene rings is 2. The molecule has 0 atom stereocenters. The number of nitrogens with zero attached hydrogens (tertiary/aromatic N) is 3. The molecule has 0 fully saturated rings. The molecule has 6 nitrogen and oxygen atoms in total. The second kappa shape index (κ2) is 7.35. The molecule has 2 aromatic heterocycles. The normalized spacial score (nSPS) is 11.6. The molecule has 0 radical (unpaired) electrons. The Morgan fingerprint density at radius 2 is 1.77 bits per heavy atom. The van der Waals surface area contributed by atoms with Crippen molar-refractivity contribution in [1.29, 1.82) is 0 Å². The number of hydrogen-bond acceptors (Lipinski definition) is 4. The van der Waals surface area contributed by atoms with Crippen molar-refractivity contribution in [3.8, 4) is 28.3 Å². The van der Waals surface area contributed by atoms with Crippen LogP contribution in [0, 0.1) is 11.6 Å². The number of carboxylic acids is 1. The maximum Gasteiger partial charge on any atom is 0.434 e. The Hall–Kier alpha value is -4.02. The molecular weight excluding hydrogens is 425 g/mol. The maximum atomic E-state index is 14.2. The monoisotopic (exact) mass is 435 g/mol. The molecule has 1 N–H and O–H groups in total. The van der Waals surface area contributed by atoms with Crippen LogP contribution in [0.25, 0.3) is 28.3 Å². The summed E-state index contributed by atoms with van der Waals surface area (Å²) < 4.78 is 74.8. The summed E-state index contributed by atoms with van der Waals surface area (Å²) in [5.41, 5.74) is -3.91. The van der Waals surface area contributed by atoms with Crippen LogP contribution < -0.4 is 0 Å². The Bertz CT molecular complexity index is 1290. The average Bonchev–Trinajstić information content (AvgIpc) is 3.32. The van der Waals surface area contributed by atoms with E-state index in [4.69, 9.17) is 4.52 Å². The quantitative estimate of drug-likeness (QED) is 0.446. The summed E-state index contributed by atoms with van der Waals surface area (Å²) in [4.78, 5) is 11.9. The van der Waals surface area contributed by atoms with E-state index in [0.717, 1.165) is 24.4 Å². The van der Waals surface area contributed by atoms with Crippen molar-refractivity contribution in [2.75, 3.05) is 0 Å². The first-order valence-electron chi connectivity index (χ1n) is 8.58. The fourth-order valence-electron chi connectivity index (χ4n) is 3.10. The summed E-state index contributed by atoms with van der Waals surface area (Å²) >= 11 is 0. The lowest BCUT2D eigenvalue weighted by molar-refractivity contribution is -0.142. The van der Waals surface area contributed by atoms with Crippen molar-refractivity contribution in [3.05, 3.63) is 77.6 Å². The second-order valence-electron chi connectivity index (χ2n) is 6.32. The van der Waals surface area contributed by atoms with Gasteiger partial charge in [-0.15, -0.1) is 0 Å². The zero-order valence-electron chi connectivity index (χ0n) is 15.2. The van der Waals surface area contributed by atoms with Gasteiger partial charge in [0, 0.05) is 5.56 Å². The average molecular weight is 435 g/mol. The van der Waals surface area contributed by atoms with E-state index in [9.17, 15) is 31.9 Å². The molecule has 0 bridgehead atoms. The van der Waals surface area contributed by atoms with Gasteiger partial charge in [-0.1, -0.05) is 23.4 Å². The molecule has 31 heavy (non-hydrogen) atoms. The molecule has 0 spiro atoms. The number of aromatic nitrogens is 3. The van der Waals surface area contributed by atoms with Gasteiger partial charge in [0.1, 0.15) is 22.9 Å². The van der Waals surface area contributed by atoms with E-state index >= 15 is 0 Å². The highest BCUT2D eigenvalue weighted by Gasteiger charge is 2.42. The first-order chi connectivity index (χ1) is 14.7. The van der Waals surface area contributed by atoms with Crippen LogP contribution in [0.2, 0.25) is 0 Å². The molecule has 0 aliphatic rings. The Balaban J connectivity index is 1.98. The van der Waals surface area contributed by atoms with Crippen LogP contribution >= 0.6 is 0 Å². The number of carbonyl (C=O) groups is 1. The van der Waals surface area contributed by atoms with E-state index in [1.165, 1.54) is 30.3 Å². The van der Waals surface area contributed by atoms with Crippen LogP contribution in [0.3, 0.4) is 0 Å². The zero-order chi connectivity index (χ0) is 22.3. The first-order valence-corrected chi connectivity index (χ1v) is 8.58. The van der Waals surface area contributed by atoms with Crippen molar-refractivity contribution in [1.82, 2.24) is 14.9 Å². The Morgan fingerprint density at radius 1 is 1.03 bits per heavy atom. The predicted octanol–water partition coefficient (Wildman–Crippen LogP) is 5.19. The molecule has 0 aliphatic heterocycles. The van der Waals surface area contributed by atoms with E-state index in [-0.39, 0.29) is 11.3 Å². The summed E-state index contributed by atoms with van der Waals surface area (Å²) in [5, 5.41) is 16.8. The minimum Gasteiger partial charge on any atom is -0.477 e. The predicted molar refractivity (Wildman–Crippen MR) is 96.4 cm³/mol. The highest BCUT2D eigenvalue weighted by Crippen LogP contribution is 2.41. The Labute approximate surface area is 170 Å². The summed E-state index contributed by atoms with van der Waals surface area (Å²) in [6.07, 6.45) is -4.30. The van der Waals surface area contributed by atoms with Crippen LogP contribution in [0.4, 0.5) is 22.0 Å². The highest BCUT2D eigenvalue weighted by molar-refractivity contribution is 6.01. The van der Waals surface area contributed by atoms with Gasteiger partial charge in [-0.3, -0.25) is 0 Å². The fraction of sp³-hybridized carbons (Fsp3) is 0.0500.